The standard InChI is InChI=1S/C21H28O2/c22-21(23)19-8-4-7-17-18(19)12-11-15-9-10-16(13-20(15)17)14-5-2-1-3-6-14/h1-3,5-6,15-20H,4,7-13H2,(H,22,23). The summed E-state index contributed by atoms with van der Waals surface area (Å²) >= 11 is 0. The summed E-state index contributed by atoms with van der Waals surface area (Å²) in [4.78, 5) is 11.7. The van der Waals surface area contributed by atoms with Gasteiger partial charge >= 0.3 is 5.97 Å². The molecule has 3 aliphatic carbocycles. The average molecular weight is 312 g/mol. The Kier molecular flexibility index (Phi) is 4.17. The number of hydrogen-bond acceptors (Lipinski definition) is 1. The summed E-state index contributed by atoms with van der Waals surface area (Å²) in [7, 11) is 0. The molecule has 1 N–H and O–H groups in total. The van der Waals surface area contributed by atoms with Crippen LogP contribution >= 0.6 is 0 Å². The van der Waals surface area contributed by atoms with Crippen LogP contribution in [0.1, 0.15) is 62.8 Å². The van der Waals surface area contributed by atoms with Crippen LogP contribution in [0.4, 0.5) is 0 Å². The number of carboxylic acids is 1. The summed E-state index contributed by atoms with van der Waals surface area (Å²) in [5, 5.41) is 9.60. The van der Waals surface area contributed by atoms with Gasteiger partial charge < -0.3 is 5.11 Å². The number of benzene rings is 1. The van der Waals surface area contributed by atoms with Crippen molar-refractivity contribution in [2.24, 2.45) is 29.6 Å². The van der Waals surface area contributed by atoms with Gasteiger partial charge in [-0.25, -0.2) is 0 Å². The van der Waals surface area contributed by atoms with Gasteiger partial charge in [0.2, 0.25) is 0 Å². The first kappa shape index (κ1) is 15.2. The molecule has 0 bridgehead atoms. The molecular weight excluding hydrogens is 284 g/mol. The van der Waals surface area contributed by atoms with Gasteiger partial charge in [0.15, 0.2) is 0 Å². The van der Waals surface area contributed by atoms with E-state index >= 15 is 0 Å². The van der Waals surface area contributed by atoms with Crippen LogP contribution in [0, 0.1) is 29.6 Å². The molecule has 0 spiro atoms. The molecule has 0 saturated heterocycles. The summed E-state index contributed by atoms with van der Waals surface area (Å²) in [6, 6.07) is 11.0. The van der Waals surface area contributed by atoms with Crippen molar-refractivity contribution in [2.45, 2.75) is 57.3 Å². The fourth-order valence-electron chi connectivity index (χ4n) is 6.14. The largest absolute Gasteiger partial charge is 0.481 e. The molecule has 4 rings (SSSR count). The van der Waals surface area contributed by atoms with Crippen molar-refractivity contribution in [1.29, 1.82) is 0 Å². The van der Waals surface area contributed by atoms with E-state index in [9.17, 15) is 9.90 Å². The smallest absolute Gasteiger partial charge is 0.306 e. The Morgan fingerprint density at radius 3 is 2.43 bits per heavy atom. The molecule has 0 heterocycles. The number of carboxylic acid groups (broad SMARTS) is 1. The SMILES string of the molecule is O=C(O)C1CCCC2C3CC(c4ccccc4)CCC3CCC12. The lowest BCUT2D eigenvalue weighted by Gasteiger charge is -2.51. The van der Waals surface area contributed by atoms with Gasteiger partial charge in [-0.15, -0.1) is 0 Å². The van der Waals surface area contributed by atoms with Crippen molar-refractivity contribution >= 4 is 5.97 Å². The van der Waals surface area contributed by atoms with Crippen LogP contribution in [0.5, 0.6) is 0 Å². The third-order valence-electron chi connectivity index (χ3n) is 7.18. The summed E-state index contributed by atoms with van der Waals surface area (Å²) in [6.45, 7) is 0. The van der Waals surface area contributed by atoms with Gasteiger partial charge in [0.1, 0.15) is 0 Å². The highest BCUT2D eigenvalue weighted by Crippen LogP contribution is 2.55. The Labute approximate surface area is 139 Å². The lowest BCUT2D eigenvalue weighted by Crippen LogP contribution is -2.44. The average Bonchev–Trinajstić information content (AvgIpc) is 2.61. The van der Waals surface area contributed by atoms with E-state index in [1.54, 1.807) is 0 Å². The minimum Gasteiger partial charge on any atom is -0.481 e. The summed E-state index contributed by atoms with van der Waals surface area (Å²) < 4.78 is 0. The summed E-state index contributed by atoms with van der Waals surface area (Å²) in [5.41, 5.74) is 1.50. The fourth-order valence-corrected chi connectivity index (χ4v) is 6.14. The lowest BCUT2D eigenvalue weighted by molar-refractivity contribution is -0.148. The third-order valence-corrected chi connectivity index (χ3v) is 7.18. The van der Waals surface area contributed by atoms with Gasteiger partial charge in [-0.2, -0.15) is 0 Å². The normalized spacial score (nSPS) is 40.0. The minimum atomic E-state index is -0.534. The van der Waals surface area contributed by atoms with Crippen LogP contribution in [-0.2, 0) is 4.79 Å². The maximum absolute atomic E-state index is 11.7. The minimum absolute atomic E-state index is 0.0631. The van der Waals surface area contributed by atoms with Gasteiger partial charge in [0.05, 0.1) is 5.92 Å². The van der Waals surface area contributed by atoms with Crippen LogP contribution < -0.4 is 0 Å². The van der Waals surface area contributed by atoms with E-state index in [2.05, 4.69) is 30.3 Å². The number of aliphatic carboxylic acids is 1. The predicted octanol–water partition coefficient (Wildman–Crippen LogP) is 5.10. The van der Waals surface area contributed by atoms with Gasteiger partial charge in [-0.3, -0.25) is 4.79 Å². The van der Waals surface area contributed by atoms with Gasteiger partial charge in [0.25, 0.3) is 0 Å². The van der Waals surface area contributed by atoms with Gasteiger partial charge in [-0.1, -0.05) is 36.8 Å². The Morgan fingerprint density at radius 2 is 1.65 bits per heavy atom. The molecule has 6 unspecified atom stereocenters. The van der Waals surface area contributed by atoms with Crippen molar-refractivity contribution < 1.29 is 9.90 Å². The van der Waals surface area contributed by atoms with Crippen molar-refractivity contribution in [3.8, 4) is 0 Å². The highest BCUT2D eigenvalue weighted by atomic mass is 16.4. The Bertz CT molecular complexity index is 552. The second kappa shape index (κ2) is 6.30. The number of fused-ring (bicyclic) bond motifs is 3. The maximum Gasteiger partial charge on any atom is 0.306 e. The molecule has 2 nitrogen and oxygen atoms in total. The molecule has 6 atom stereocenters. The second-order valence-electron chi connectivity index (χ2n) is 8.13. The zero-order valence-corrected chi connectivity index (χ0v) is 13.9. The molecule has 3 fully saturated rings. The third kappa shape index (κ3) is 2.81. The van der Waals surface area contributed by atoms with Crippen LogP contribution in [0.2, 0.25) is 0 Å². The molecule has 124 valence electrons. The molecule has 1 aromatic rings. The highest BCUT2D eigenvalue weighted by Gasteiger charge is 2.47. The molecule has 0 aliphatic heterocycles. The molecule has 0 amide bonds. The zero-order valence-electron chi connectivity index (χ0n) is 13.9. The van der Waals surface area contributed by atoms with Gasteiger partial charge in [0, 0.05) is 0 Å². The van der Waals surface area contributed by atoms with Crippen molar-refractivity contribution in [2.75, 3.05) is 0 Å². The number of hydrogen-bond donors (Lipinski definition) is 1. The van der Waals surface area contributed by atoms with E-state index in [1.807, 2.05) is 0 Å². The predicted molar refractivity (Wildman–Crippen MR) is 91.2 cm³/mol. The molecule has 0 radical (unpaired) electrons. The van der Waals surface area contributed by atoms with Crippen LogP contribution in [-0.4, -0.2) is 11.1 Å². The van der Waals surface area contributed by atoms with Crippen molar-refractivity contribution in [1.82, 2.24) is 0 Å². The topological polar surface area (TPSA) is 37.3 Å². The van der Waals surface area contributed by atoms with Crippen molar-refractivity contribution in [3.63, 3.8) is 0 Å². The zero-order chi connectivity index (χ0) is 15.8. The van der Waals surface area contributed by atoms with E-state index in [0.717, 1.165) is 24.7 Å². The Morgan fingerprint density at radius 1 is 0.870 bits per heavy atom. The van der Waals surface area contributed by atoms with Crippen molar-refractivity contribution in [3.05, 3.63) is 35.9 Å². The Hall–Kier alpha value is -1.31. The molecule has 1 aromatic carbocycles. The molecule has 3 saturated carbocycles. The van der Waals surface area contributed by atoms with Crippen LogP contribution in [0.15, 0.2) is 30.3 Å². The number of rotatable bonds is 2. The van der Waals surface area contributed by atoms with E-state index < -0.39 is 5.97 Å². The van der Waals surface area contributed by atoms with E-state index in [-0.39, 0.29) is 5.92 Å². The van der Waals surface area contributed by atoms with Gasteiger partial charge in [-0.05, 0) is 80.1 Å². The van der Waals surface area contributed by atoms with Crippen LogP contribution in [0.3, 0.4) is 0 Å². The second-order valence-corrected chi connectivity index (χ2v) is 8.13. The van der Waals surface area contributed by atoms with E-state index in [1.165, 1.54) is 44.1 Å². The first-order valence-electron chi connectivity index (χ1n) is 9.52. The first-order valence-corrected chi connectivity index (χ1v) is 9.52. The first-order chi connectivity index (χ1) is 11.2. The quantitative estimate of drug-likeness (QED) is 0.825. The molecule has 0 aromatic heterocycles. The molecule has 23 heavy (non-hydrogen) atoms. The summed E-state index contributed by atoms with van der Waals surface area (Å²) in [5.74, 6) is 2.87. The highest BCUT2D eigenvalue weighted by molar-refractivity contribution is 5.70. The number of carbonyl (C=O) groups is 1. The molecule has 2 heteroatoms. The lowest BCUT2D eigenvalue weighted by atomic mass is 9.54. The fraction of sp³-hybridized carbons (Fsp3) is 0.667. The molecular formula is C21H28O2. The Balaban J connectivity index is 1.54. The summed E-state index contributed by atoms with van der Waals surface area (Å²) in [6.07, 6.45) is 9.72. The van der Waals surface area contributed by atoms with Crippen LogP contribution in [0.25, 0.3) is 0 Å². The maximum atomic E-state index is 11.7. The molecule has 3 aliphatic rings. The van der Waals surface area contributed by atoms with E-state index in [4.69, 9.17) is 0 Å². The monoisotopic (exact) mass is 312 g/mol. The van der Waals surface area contributed by atoms with E-state index in [0.29, 0.717) is 17.8 Å².